The zero-order valence-corrected chi connectivity index (χ0v) is 10.9. The minimum atomic E-state index is -1.01. The first-order valence-electron chi connectivity index (χ1n) is 6.35. The van der Waals surface area contributed by atoms with Crippen molar-refractivity contribution < 1.29 is 9.90 Å². The first kappa shape index (κ1) is 12.8. The molecular formula is C13H19N3O2. The fourth-order valence-electron chi connectivity index (χ4n) is 2.32. The molecule has 1 saturated heterocycles. The number of carboxylic acid groups (broad SMARTS) is 1. The highest BCUT2D eigenvalue weighted by atomic mass is 16.4. The summed E-state index contributed by atoms with van der Waals surface area (Å²) in [6.45, 7) is 6.20. The van der Waals surface area contributed by atoms with E-state index in [9.17, 15) is 4.79 Å². The second-order valence-electron chi connectivity index (χ2n) is 5.18. The molecule has 0 spiro atoms. The average Bonchev–Trinajstić information content (AvgIpc) is 2.39. The summed E-state index contributed by atoms with van der Waals surface area (Å²) in [7, 11) is 0. The van der Waals surface area contributed by atoms with Gasteiger partial charge < -0.3 is 10.0 Å². The molecule has 1 fully saturated rings. The van der Waals surface area contributed by atoms with Crippen molar-refractivity contribution in [2.45, 2.75) is 33.1 Å². The van der Waals surface area contributed by atoms with Gasteiger partial charge in [-0.3, -0.25) is 0 Å². The largest absolute Gasteiger partial charge is 0.476 e. The third-order valence-corrected chi connectivity index (χ3v) is 4.01. The summed E-state index contributed by atoms with van der Waals surface area (Å²) in [6, 6.07) is 0. The van der Waals surface area contributed by atoms with E-state index < -0.39 is 5.97 Å². The maximum absolute atomic E-state index is 11.1. The molecule has 2 heterocycles. The van der Waals surface area contributed by atoms with E-state index in [-0.39, 0.29) is 5.69 Å². The summed E-state index contributed by atoms with van der Waals surface area (Å²) in [4.78, 5) is 21.2. The van der Waals surface area contributed by atoms with Crippen LogP contribution in [0, 0.1) is 5.41 Å². The van der Waals surface area contributed by atoms with Gasteiger partial charge in [0.15, 0.2) is 11.5 Å². The molecule has 0 bridgehead atoms. The van der Waals surface area contributed by atoms with E-state index >= 15 is 0 Å². The van der Waals surface area contributed by atoms with Crippen LogP contribution in [0.4, 0.5) is 5.82 Å². The number of anilines is 1. The van der Waals surface area contributed by atoms with Gasteiger partial charge in [0.1, 0.15) is 0 Å². The van der Waals surface area contributed by atoms with E-state index in [2.05, 4.69) is 23.8 Å². The minimum Gasteiger partial charge on any atom is -0.476 e. The average molecular weight is 249 g/mol. The first-order chi connectivity index (χ1) is 8.56. The van der Waals surface area contributed by atoms with Crippen molar-refractivity contribution in [3.8, 4) is 0 Å². The molecule has 1 aliphatic heterocycles. The molecule has 1 N–H and O–H groups in total. The van der Waals surface area contributed by atoms with Crippen molar-refractivity contribution >= 4 is 11.8 Å². The lowest BCUT2D eigenvalue weighted by molar-refractivity contribution is 0.0690. The number of aromatic nitrogens is 2. The second-order valence-corrected chi connectivity index (χ2v) is 5.18. The van der Waals surface area contributed by atoms with E-state index in [0.717, 1.165) is 32.4 Å². The van der Waals surface area contributed by atoms with Gasteiger partial charge in [0.05, 0.1) is 0 Å². The van der Waals surface area contributed by atoms with Crippen LogP contribution >= 0.6 is 0 Å². The molecule has 98 valence electrons. The highest BCUT2D eigenvalue weighted by molar-refractivity contribution is 5.90. The van der Waals surface area contributed by atoms with Crippen molar-refractivity contribution in [3.63, 3.8) is 0 Å². The summed E-state index contributed by atoms with van der Waals surface area (Å²) < 4.78 is 0. The Balaban J connectivity index is 2.17. The first-order valence-corrected chi connectivity index (χ1v) is 6.35. The van der Waals surface area contributed by atoms with Crippen molar-refractivity contribution in [3.05, 3.63) is 18.1 Å². The van der Waals surface area contributed by atoms with Crippen molar-refractivity contribution in [1.82, 2.24) is 9.97 Å². The smallest absolute Gasteiger partial charge is 0.358 e. The van der Waals surface area contributed by atoms with Crippen LogP contribution < -0.4 is 4.90 Å². The molecule has 0 radical (unpaired) electrons. The lowest BCUT2D eigenvalue weighted by atomic mass is 9.78. The molecule has 0 amide bonds. The third kappa shape index (κ3) is 2.44. The Morgan fingerprint density at radius 3 is 2.56 bits per heavy atom. The quantitative estimate of drug-likeness (QED) is 0.889. The second kappa shape index (κ2) is 4.92. The zero-order valence-electron chi connectivity index (χ0n) is 10.9. The van der Waals surface area contributed by atoms with Crippen LogP contribution in [-0.2, 0) is 0 Å². The molecule has 1 aromatic heterocycles. The standard InChI is InChI=1S/C13H19N3O2/c1-3-13(2)4-8-16(9-5-13)11-10(12(17)18)14-6-7-15-11/h6-7H,3-5,8-9H2,1-2H3,(H,17,18). The van der Waals surface area contributed by atoms with Crippen LogP contribution in [0.25, 0.3) is 0 Å². The number of carbonyl (C=O) groups is 1. The van der Waals surface area contributed by atoms with Crippen LogP contribution in [0.1, 0.15) is 43.6 Å². The molecule has 0 aliphatic carbocycles. The maximum atomic E-state index is 11.1. The Labute approximate surface area is 107 Å². The van der Waals surface area contributed by atoms with E-state index in [0.29, 0.717) is 11.2 Å². The molecule has 0 saturated carbocycles. The van der Waals surface area contributed by atoms with Crippen LogP contribution in [0.2, 0.25) is 0 Å². The molecule has 2 rings (SSSR count). The van der Waals surface area contributed by atoms with Gasteiger partial charge >= 0.3 is 5.97 Å². The fraction of sp³-hybridized carbons (Fsp3) is 0.615. The monoisotopic (exact) mass is 249 g/mol. The van der Waals surface area contributed by atoms with E-state index in [1.807, 2.05) is 4.90 Å². The Kier molecular flexibility index (Phi) is 3.50. The molecule has 5 heteroatoms. The minimum absolute atomic E-state index is 0.0533. The van der Waals surface area contributed by atoms with Gasteiger partial charge in [-0.2, -0.15) is 0 Å². The van der Waals surface area contributed by atoms with Gasteiger partial charge in [-0.1, -0.05) is 20.3 Å². The van der Waals surface area contributed by atoms with E-state index in [4.69, 9.17) is 5.11 Å². The van der Waals surface area contributed by atoms with Crippen molar-refractivity contribution in [2.24, 2.45) is 5.41 Å². The van der Waals surface area contributed by atoms with Crippen LogP contribution in [0.3, 0.4) is 0 Å². The number of hydrogen-bond donors (Lipinski definition) is 1. The molecular weight excluding hydrogens is 230 g/mol. The Bertz CT molecular complexity index is 440. The van der Waals surface area contributed by atoms with Gasteiger partial charge in [-0.15, -0.1) is 0 Å². The number of carboxylic acids is 1. The lowest BCUT2D eigenvalue weighted by Crippen LogP contribution is -2.39. The molecule has 0 atom stereocenters. The number of nitrogens with zero attached hydrogens (tertiary/aromatic N) is 3. The number of aromatic carboxylic acids is 1. The third-order valence-electron chi connectivity index (χ3n) is 4.01. The normalized spacial score (nSPS) is 18.7. The van der Waals surface area contributed by atoms with Gasteiger partial charge in [0.2, 0.25) is 0 Å². The Morgan fingerprint density at radius 1 is 1.39 bits per heavy atom. The van der Waals surface area contributed by atoms with Gasteiger partial charge in [-0.05, 0) is 18.3 Å². The number of rotatable bonds is 3. The predicted molar refractivity (Wildman–Crippen MR) is 68.8 cm³/mol. The van der Waals surface area contributed by atoms with Crippen molar-refractivity contribution in [1.29, 1.82) is 0 Å². The number of piperidine rings is 1. The predicted octanol–water partition coefficient (Wildman–Crippen LogP) is 2.19. The summed E-state index contributed by atoms with van der Waals surface area (Å²) in [5.41, 5.74) is 0.430. The molecule has 18 heavy (non-hydrogen) atoms. The summed E-state index contributed by atoms with van der Waals surface area (Å²) in [5.74, 6) is -0.509. The molecule has 0 aromatic carbocycles. The van der Waals surface area contributed by atoms with Crippen LogP contribution in [0.15, 0.2) is 12.4 Å². The van der Waals surface area contributed by atoms with Crippen molar-refractivity contribution in [2.75, 3.05) is 18.0 Å². The molecule has 1 aromatic rings. The molecule has 5 nitrogen and oxygen atoms in total. The maximum Gasteiger partial charge on any atom is 0.358 e. The highest BCUT2D eigenvalue weighted by Crippen LogP contribution is 2.35. The zero-order chi connectivity index (χ0) is 13.2. The van der Waals surface area contributed by atoms with Crippen LogP contribution in [-0.4, -0.2) is 34.1 Å². The molecule has 1 aliphatic rings. The number of hydrogen-bond acceptors (Lipinski definition) is 4. The molecule has 0 unspecified atom stereocenters. The van der Waals surface area contributed by atoms with E-state index in [1.54, 1.807) is 6.20 Å². The summed E-state index contributed by atoms with van der Waals surface area (Å²) >= 11 is 0. The van der Waals surface area contributed by atoms with Gasteiger partial charge in [0.25, 0.3) is 0 Å². The topological polar surface area (TPSA) is 66.3 Å². The fourth-order valence-corrected chi connectivity index (χ4v) is 2.32. The Hall–Kier alpha value is -1.65. The Morgan fingerprint density at radius 2 is 2.00 bits per heavy atom. The SMILES string of the molecule is CCC1(C)CCN(c2nccnc2C(=O)O)CC1. The van der Waals surface area contributed by atoms with Gasteiger partial charge in [-0.25, -0.2) is 14.8 Å². The summed E-state index contributed by atoms with van der Waals surface area (Å²) in [5, 5.41) is 9.12. The van der Waals surface area contributed by atoms with E-state index in [1.165, 1.54) is 6.20 Å². The van der Waals surface area contributed by atoms with Gasteiger partial charge in [0, 0.05) is 25.5 Å². The van der Waals surface area contributed by atoms with Crippen LogP contribution in [0.5, 0.6) is 0 Å². The summed E-state index contributed by atoms with van der Waals surface area (Å²) in [6.07, 6.45) is 6.27. The highest BCUT2D eigenvalue weighted by Gasteiger charge is 2.30. The lowest BCUT2D eigenvalue weighted by Gasteiger charge is -2.39.